The van der Waals surface area contributed by atoms with Crippen molar-refractivity contribution in [3.8, 4) is 0 Å². The second kappa shape index (κ2) is 36.5. The number of hydrogen-bond donors (Lipinski definition) is 3. The van der Waals surface area contributed by atoms with Crippen LogP contribution in [-0.4, -0.2) is 65.7 Å². The van der Waals surface area contributed by atoms with Crippen LogP contribution in [0.4, 0.5) is 0 Å². The molecule has 0 aromatic carbocycles. The summed E-state index contributed by atoms with van der Waals surface area (Å²) in [7, 11) is -4.63. The van der Waals surface area contributed by atoms with Crippen molar-refractivity contribution in [1.82, 2.24) is 0 Å². The number of phosphoric acid groups is 1. The molecule has 0 aliphatic carbocycles. The Morgan fingerprint density at radius 2 is 1.10 bits per heavy atom. The van der Waals surface area contributed by atoms with Gasteiger partial charge in [-0.2, -0.15) is 0 Å². The Morgan fingerprint density at radius 3 is 1.75 bits per heavy atom. The highest BCUT2D eigenvalue weighted by atomic mass is 31.2. The number of carbonyl (C=O) groups excluding carboxylic acids is 2. The molecular formula is C41H67O10P. The molecule has 3 N–H and O–H groups in total. The smallest absolute Gasteiger partial charge is 0.462 e. The van der Waals surface area contributed by atoms with Gasteiger partial charge in [0.25, 0.3) is 0 Å². The number of hydrogen-bond acceptors (Lipinski definition) is 9. The number of aliphatic hydroxyl groups is 2. The van der Waals surface area contributed by atoms with Crippen molar-refractivity contribution >= 4 is 19.8 Å². The van der Waals surface area contributed by atoms with Crippen LogP contribution < -0.4 is 0 Å². The maximum absolute atomic E-state index is 12.5. The third kappa shape index (κ3) is 35.5. The van der Waals surface area contributed by atoms with Crippen molar-refractivity contribution in [3.63, 3.8) is 0 Å². The summed E-state index contributed by atoms with van der Waals surface area (Å²) in [4.78, 5) is 34.8. The van der Waals surface area contributed by atoms with Crippen LogP contribution in [-0.2, 0) is 32.7 Å². The molecule has 0 aromatic heterocycles. The molecule has 10 nitrogen and oxygen atoms in total. The number of carbonyl (C=O) groups is 2. The number of unbranched alkanes of at least 4 members (excludes halogenated alkanes) is 9. The van der Waals surface area contributed by atoms with E-state index in [9.17, 15) is 24.2 Å². The largest absolute Gasteiger partial charge is 0.472 e. The molecule has 3 atom stereocenters. The van der Waals surface area contributed by atoms with Crippen molar-refractivity contribution in [1.29, 1.82) is 0 Å². The maximum atomic E-state index is 12.5. The topological polar surface area (TPSA) is 149 Å². The van der Waals surface area contributed by atoms with Crippen LogP contribution in [0, 0.1) is 0 Å². The minimum atomic E-state index is -4.63. The first-order valence-electron chi connectivity index (χ1n) is 19.1. The standard InChI is InChI=1S/C41H67O10P/c1-3-5-7-9-11-13-15-17-18-19-21-22-24-26-28-30-32-40(44)48-36-39(37-50-52(46,47)49-35-38(43)34-42)51-41(45)33-31-29-27-25-23-20-16-14-12-10-8-6-4-2/h5-8,10-14,16-18,20,23,38-39,42-43H,3-4,9,15,19,21-22,24-37H2,1-2H3,(H,46,47)/b7-5+,8-6+,12-10+,13-11+,16-14+,18-17+,23-20+/t38-,39?/m0/s1. The first-order chi connectivity index (χ1) is 25.2. The lowest BCUT2D eigenvalue weighted by Gasteiger charge is -2.20. The molecule has 11 heteroatoms. The molecule has 0 radical (unpaired) electrons. The number of esters is 2. The summed E-state index contributed by atoms with van der Waals surface area (Å²) in [5, 5.41) is 18.3. The van der Waals surface area contributed by atoms with Gasteiger partial charge in [-0.05, 0) is 64.2 Å². The van der Waals surface area contributed by atoms with E-state index in [2.05, 4.69) is 67.0 Å². The van der Waals surface area contributed by atoms with E-state index in [1.54, 1.807) is 0 Å². The molecule has 0 bridgehead atoms. The van der Waals surface area contributed by atoms with Gasteiger partial charge in [-0.1, -0.05) is 131 Å². The van der Waals surface area contributed by atoms with Crippen molar-refractivity contribution in [2.75, 3.05) is 26.4 Å². The zero-order valence-electron chi connectivity index (χ0n) is 31.7. The van der Waals surface area contributed by atoms with Crippen LogP contribution in [0.3, 0.4) is 0 Å². The molecule has 0 amide bonds. The second-order valence-electron chi connectivity index (χ2n) is 12.3. The van der Waals surface area contributed by atoms with E-state index in [0.29, 0.717) is 12.8 Å². The Bertz CT molecular complexity index is 1140. The third-order valence-corrected chi connectivity index (χ3v) is 8.34. The van der Waals surface area contributed by atoms with E-state index in [4.69, 9.17) is 19.1 Å². The van der Waals surface area contributed by atoms with Gasteiger partial charge in [0, 0.05) is 12.8 Å². The molecule has 52 heavy (non-hydrogen) atoms. The molecular weight excluding hydrogens is 683 g/mol. The zero-order chi connectivity index (χ0) is 38.4. The van der Waals surface area contributed by atoms with Gasteiger partial charge in [-0.3, -0.25) is 18.6 Å². The maximum Gasteiger partial charge on any atom is 0.472 e. The number of ether oxygens (including phenoxy) is 2. The predicted octanol–water partition coefficient (Wildman–Crippen LogP) is 9.49. The second-order valence-corrected chi connectivity index (χ2v) is 13.7. The van der Waals surface area contributed by atoms with Crippen molar-refractivity contribution in [3.05, 3.63) is 85.1 Å². The summed E-state index contributed by atoms with van der Waals surface area (Å²) < 4.78 is 32.5. The van der Waals surface area contributed by atoms with Gasteiger partial charge >= 0.3 is 19.8 Å². The van der Waals surface area contributed by atoms with E-state index in [0.717, 1.165) is 83.5 Å². The number of allylic oxidation sites excluding steroid dienone is 14. The molecule has 0 spiro atoms. The van der Waals surface area contributed by atoms with E-state index in [1.807, 2.05) is 36.5 Å². The lowest BCUT2D eigenvalue weighted by Crippen LogP contribution is -2.29. The SMILES string of the molecule is CC/C=C/C=C/C=C/C=C/CCCCCC(=O)OC(COC(=O)CCCCCCCC/C=C/C/C=C/C/C=C/CC)COP(=O)(O)OC[C@@H](O)CO. The van der Waals surface area contributed by atoms with E-state index in [-0.39, 0.29) is 19.4 Å². The van der Waals surface area contributed by atoms with Crippen LogP contribution in [0.15, 0.2) is 85.1 Å². The average molecular weight is 751 g/mol. The molecule has 0 heterocycles. The molecule has 0 rings (SSSR count). The molecule has 0 saturated carbocycles. The summed E-state index contributed by atoms with van der Waals surface area (Å²) in [6.07, 6.45) is 41.3. The summed E-state index contributed by atoms with van der Waals surface area (Å²) in [5.74, 6) is -0.998. The van der Waals surface area contributed by atoms with E-state index >= 15 is 0 Å². The Kier molecular flexibility index (Phi) is 34.5. The number of rotatable bonds is 34. The third-order valence-electron chi connectivity index (χ3n) is 7.39. The van der Waals surface area contributed by atoms with E-state index in [1.165, 1.54) is 0 Å². The highest BCUT2D eigenvalue weighted by Crippen LogP contribution is 2.43. The normalized spacial score (nSPS) is 14.9. The van der Waals surface area contributed by atoms with Gasteiger partial charge in [0.05, 0.1) is 19.8 Å². The van der Waals surface area contributed by atoms with Crippen LogP contribution in [0.5, 0.6) is 0 Å². The van der Waals surface area contributed by atoms with Gasteiger partial charge in [-0.15, -0.1) is 0 Å². The van der Waals surface area contributed by atoms with Gasteiger partial charge in [0.2, 0.25) is 0 Å². The predicted molar refractivity (Wildman–Crippen MR) is 209 cm³/mol. The fourth-order valence-electron chi connectivity index (χ4n) is 4.49. The minimum Gasteiger partial charge on any atom is -0.462 e. The molecule has 0 aliphatic heterocycles. The molecule has 0 saturated heterocycles. The van der Waals surface area contributed by atoms with Gasteiger partial charge < -0.3 is 24.6 Å². The summed E-state index contributed by atoms with van der Waals surface area (Å²) in [6.45, 7) is 2.02. The fourth-order valence-corrected chi connectivity index (χ4v) is 5.28. The summed E-state index contributed by atoms with van der Waals surface area (Å²) in [5.41, 5.74) is 0. The quantitative estimate of drug-likeness (QED) is 0.0191. The van der Waals surface area contributed by atoms with Crippen LogP contribution in [0.25, 0.3) is 0 Å². The van der Waals surface area contributed by atoms with Crippen molar-refractivity contribution in [2.45, 2.75) is 135 Å². The Labute approximate surface area is 313 Å². The highest BCUT2D eigenvalue weighted by Gasteiger charge is 2.27. The first-order valence-corrected chi connectivity index (χ1v) is 20.6. The molecule has 0 aromatic rings. The lowest BCUT2D eigenvalue weighted by atomic mass is 10.1. The first kappa shape index (κ1) is 49.1. The van der Waals surface area contributed by atoms with Gasteiger partial charge in [0.15, 0.2) is 6.10 Å². The number of phosphoric ester groups is 1. The molecule has 2 unspecified atom stereocenters. The monoisotopic (exact) mass is 750 g/mol. The summed E-state index contributed by atoms with van der Waals surface area (Å²) >= 11 is 0. The molecule has 0 aliphatic rings. The van der Waals surface area contributed by atoms with Gasteiger partial charge in [-0.25, -0.2) is 4.57 Å². The van der Waals surface area contributed by atoms with Gasteiger partial charge in [0.1, 0.15) is 12.7 Å². The number of aliphatic hydroxyl groups excluding tert-OH is 2. The van der Waals surface area contributed by atoms with Crippen LogP contribution in [0.1, 0.15) is 123 Å². The fraction of sp³-hybridized carbons (Fsp3) is 0.610. The average Bonchev–Trinajstić information content (AvgIpc) is 3.13. The molecule has 0 fully saturated rings. The Morgan fingerprint density at radius 1 is 0.596 bits per heavy atom. The lowest BCUT2D eigenvalue weighted by molar-refractivity contribution is -0.161. The van der Waals surface area contributed by atoms with Crippen molar-refractivity contribution < 1.29 is 47.8 Å². The van der Waals surface area contributed by atoms with Crippen molar-refractivity contribution in [2.24, 2.45) is 0 Å². The zero-order valence-corrected chi connectivity index (χ0v) is 32.6. The van der Waals surface area contributed by atoms with E-state index < -0.39 is 51.8 Å². The highest BCUT2D eigenvalue weighted by molar-refractivity contribution is 7.47. The Balaban J connectivity index is 4.46. The van der Waals surface area contributed by atoms with Crippen LogP contribution >= 0.6 is 7.82 Å². The molecule has 296 valence electrons. The summed E-state index contributed by atoms with van der Waals surface area (Å²) in [6, 6.07) is 0. The minimum absolute atomic E-state index is 0.130. The van der Waals surface area contributed by atoms with Crippen LogP contribution in [0.2, 0.25) is 0 Å². The Hall–Kier alpha value is -2.85.